The summed E-state index contributed by atoms with van der Waals surface area (Å²) in [5, 5.41) is 0. The molecule has 2 rings (SSSR count). The highest BCUT2D eigenvalue weighted by Gasteiger charge is 2.31. The Morgan fingerprint density at radius 1 is 1.07 bits per heavy atom. The summed E-state index contributed by atoms with van der Waals surface area (Å²) in [5.74, 6) is 0.767. The molecule has 0 saturated heterocycles. The molecule has 1 aliphatic rings. The van der Waals surface area contributed by atoms with Gasteiger partial charge in [-0.15, -0.1) is 0 Å². The van der Waals surface area contributed by atoms with Gasteiger partial charge in [0.1, 0.15) is 0 Å². The Morgan fingerprint density at radius 2 is 1.67 bits per heavy atom. The maximum Gasteiger partial charge on any atom is -0.0107 e. The lowest BCUT2D eigenvalue weighted by Crippen LogP contribution is -2.15. The lowest BCUT2D eigenvalue weighted by Gasteiger charge is -2.27. The summed E-state index contributed by atoms with van der Waals surface area (Å²) in [7, 11) is 0. The molecule has 15 heavy (non-hydrogen) atoms. The molecule has 0 aliphatic heterocycles. The Labute approximate surface area is 94.7 Å². The van der Waals surface area contributed by atoms with Gasteiger partial charge in [0, 0.05) is 0 Å². The minimum absolute atomic E-state index is 0.423. The lowest BCUT2D eigenvalue weighted by atomic mass is 9.77. The molecule has 1 aromatic rings. The number of fused-ring (bicyclic) bond motifs is 1. The molecule has 0 unspecified atom stereocenters. The monoisotopic (exact) mass is 204 g/mol. The van der Waals surface area contributed by atoms with Gasteiger partial charge in [0.25, 0.3) is 0 Å². The average Bonchev–Trinajstić information content (AvgIpc) is 2.63. The predicted molar refractivity (Wildman–Crippen MR) is 68.3 cm³/mol. The molecule has 0 bridgehead atoms. The fourth-order valence-corrected chi connectivity index (χ4v) is 2.46. The number of benzene rings is 1. The topological polar surface area (TPSA) is 0 Å². The Kier molecular flexibility index (Phi) is 3.96. The van der Waals surface area contributed by atoms with E-state index in [1.54, 1.807) is 11.1 Å². The first-order valence-electron chi connectivity index (χ1n) is 6.17. The molecule has 0 N–H and O–H groups in total. The van der Waals surface area contributed by atoms with Crippen molar-refractivity contribution >= 4 is 0 Å². The minimum Gasteiger partial charge on any atom is -0.0683 e. The summed E-state index contributed by atoms with van der Waals surface area (Å²) in [5.41, 5.74) is 3.59. The van der Waals surface area contributed by atoms with Gasteiger partial charge in [0.05, 0.1) is 0 Å². The second-order valence-electron chi connectivity index (χ2n) is 5.16. The van der Waals surface area contributed by atoms with Crippen LogP contribution >= 0.6 is 0 Å². The average molecular weight is 204 g/mol. The fourth-order valence-electron chi connectivity index (χ4n) is 2.46. The van der Waals surface area contributed by atoms with Gasteiger partial charge in [0.15, 0.2) is 0 Å². The van der Waals surface area contributed by atoms with Gasteiger partial charge >= 0.3 is 0 Å². The third-order valence-electron chi connectivity index (χ3n) is 3.18. The van der Waals surface area contributed by atoms with E-state index in [4.69, 9.17) is 0 Å². The van der Waals surface area contributed by atoms with E-state index in [-0.39, 0.29) is 0 Å². The van der Waals surface area contributed by atoms with Crippen LogP contribution in [0.5, 0.6) is 0 Å². The quantitative estimate of drug-likeness (QED) is 0.570. The maximum atomic E-state index is 2.35. The third-order valence-corrected chi connectivity index (χ3v) is 3.18. The molecule has 84 valence electrons. The first kappa shape index (κ1) is 12.3. The first-order valence-corrected chi connectivity index (χ1v) is 6.17. The highest BCUT2D eigenvalue weighted by Crippen LogP contribution is 2.44. The fraction of sp³-hybridized carbons (Fsp3) is 0.600. The zero-order chi connectivity index (χ0) is 11.5. The smallest absolute Gasteiger partial charge is 0.0107 e. The van der Waals surface area contributed by atoms with Gasteiger partial charge in [-0.25, -0.2) is 0 Å². The summed E-state index contributed by atoms with van der Waals surface area (Å²) >= 11 is 0. The number of hydrogen-bond acceptors (Lipinski definition) is 0. The molecule has 1 aliphatic carbocycles. The van der Waals surface area contributed by atoms with Gasteiger partial charge in [-0.3, -0.25) is 0 Å². The van der Waals surface area contributed by atoms with Crippen LogP contribution in [0.25, 0.3) is 0 Å². The molecule has 0 nitrogen and oxygen atoms in total. The van der Waals surface area contributed by atoms with Crippen molar-refractivity contribution in [2.24, 2.45) is 5.41 Å². The molecule has 1 aromatic carbocycles. The van der Waals surface area contributed by atoms with Crippen LogP contribution in [-0.4, -0.2) is 0 Å². The molecule has 0 amide bonds. The second kappa shape index (κ2) is 4.83. The normalized spacial score (nSPS) is 19.1. The second-order valence-corrected chi connectivity index (χ2v) is 5.16. The van der Waals surface area contributed by atoms with E-state index < -0.39 is 0 Å². The third kappa shape index (κ3) is 2.62. The zero-order valence-corrected chi connectivity index (χ0v) is 10.8. The molecule has 1 atom stereocenters. The van der Waals surface area contributed by atoms with E-state index in [0.29, 0.717) is 5.41 Å². The SMILES string of the molecule is CC.CC(C)(C)[C@H]1CCc2ccccc21. The van der Waals surface area contributed by atoms with Crippen LogP contribution in [0.3, 0.4) is 0 Å². The summed E-state index contributed by atoms with van der Waals surface area (Å²) in [4.78, 5) is 0. The van der Waals surface area contributed by atoms with Crippen LogP contribution in [0, 0.1) is 5.41 Å². The van der Waals surface area contributed by atoms with Crippen molar-refractivity contribution in [3.63, 3.8) is 0 Å². The highest BCUT2D eigenvalue weighted by atomic mass is 14.4. The molecule has 0 heteroatoms. The van der Waals surface area contributed by atoms with Crippen molar-refractivity contribution in [2.75, 3.05) is 0 Å². The summed E-state index contributed by atoms with van der Waals surface area (Å²) in [6, 6.07) is 8.91. The Hall–Kier alpha value is -0.780. The van der Waals surface area contributed by atoms with Crippen molar-refractivity contribution < 1.29 is 0 Å². The zero-order valence-electron chi connectivity index (χ0n) is 10.8. The minimum atomic E-state index is 0.423. The van der Waals surface area contributed by atoms with Crippen molar-refractivity contribution in [2.45, 2.75) is 53.4 Å². The lowest BCUT2D eigenvalue weighted by molar-refractivity contribution is 0.319. The standard InChI is InChI=1S/C13H18.C2H6/c1-13(2,3)12-9-8-10-6-4-5-7-11(10)12;1-2/h4-7,12H,8-9H2,1-3H3;1-2H3/t12-;/m0./s1. The van der Waals surface area contributed by atoms with Crippen LogP contribution < -0.4 is 0 Å². The first-order chi connectivity index (χ1) is 7.09. The molecule has 0 fully saturated rings. The van der Waals surface area contributed by atoms with E-state index in [1.807, 2.05) is 13.8 Å². The molecule has 0 spiro atoms. The van der Waals surface area contributed by atoms with Gasteiger partial charge in [-0.2, -0.15) is 0 Å². The van der Waals surface area contributed by atoms with E-state index in [0.717, 1.165) is 5.92 Å². The molecular weight excluding hydrogens is 180 g/mol. The summed E-state index contributed by atoms with van der Waals surface area (Å²) < 4.78 is 0. The van der Waals surface area contributed by atoms with E-state index in [1.165, 1.54) is 12.8 Å². The van der Waals surface area contributed by atoms with Crippen molar-refractivity contribution in [1.29, 1.82) is 0 Å². The van der Waals surface area contributed by atoms with Crippen LogP contribution in [0.15, 0.2) is 24.3 Å². The molecule has 0 saturated carbocycles. The van der Waals surface area contributed by atoms with Gasteiger partial charge in [0.2, 0.25) is 0 Å². The Bertz CT molecular complexity index is 304. The van der Waals surface area contributed by atoms with Crippen molar-refractivity contribution in [3.8, 4) is 0 Å². The van der Waals surface area contributed by atoms with E-state index in [9.17, 15) is 0 Å². The Morgan fingerprint density at radius 3 is 2.27 bits per heavy atom. The van der Waals surface area contributed by atoms with E-state index >= 15 is 0 Å². The van der Waals surface area contributed by atoms with Crippen LogP contribution in [0.4, 0.5) is 0 Å². The van der Waals surface area contributed by atoms with Crippen LogP contribution in [-0.2, 0) is 6.42 Å². The predicted octanol–water partition coefficient (Wildman–Crippen LogP) is 4.79. The number of rotatable bonds is 0. The van der Waals surface area contributed by atoms with Crippen LogP contribution in [0.2, 0.25) is 0 Å². The Balaban J connectivity index is 0.000000531. The molecule has 0 heterocycles. The molecule has 0 radical (unpaired) electrons. The largest absolute Gasteiger partial charge is 0.0683 e. The van der Waals surface area contributed by atoms with Crippen molar-refractivity contribution in [1.82, 2.24) is 0 Å². The summed E-state index contributed by atoms with van der Waals surface area (Å²) in [6.07, 6.45) is 2.61. The molecule has 0 aromatic heterocycles. The van der Waals surface area contributed by atoms with Gasteiger partial charge in [-0.1, -0.05) is 58.9 Å². The van der Waals surface area contributed by atoms with Crippen LogP contribution in [0.1, 0.15) is 58.1 Å². The summed E-state index contributed by atoms with van der Waals surface area (Å²) in [6.45, 7) is 11.0. The number of aryl methyl sites for hydroxylation is 1. The maximum absolute atomic E-state index is 2.35. The van der Waals surface area contributed by atoms with Gasteiger partial charge in [-0.05, 0) is 35.3 Å². The van der Waals surface area contributed by atoms with Gasteiger partial charge < -0.3 is 0 Å². The molecular formula is C15H24. The highest BCUT2D eigenvalue weighted by molar-refractivity contribution is 5.35. The van der Waals surface area contributed by atoms with E-state index in [2.05, 4.69) is 45.0 Å². The number of hydrogen-bond donors (Lipinski definition) is 0. The van der Waals surface area contributed by atoms with Crippen molar-refractivity contribution in [3.05, 3.63) is 35.4 Å².